The van der Waals surface area contributed by atoms with Crippen LogP contribution in [-0.2, 0) is 9.59 Å². The molecule has 2 amide bonds. The fraction of sp³-hybridized carbons (Fsp3) is 0.400. The Kier molecular flexibility index (Phi) is 6.85. The zero-order chi connectivity index (χ0) is 16.7. The van der Waals surface area contributed by atoms with Crippen molar-refractivity contribution < 1.29 is 19.5 Å². The summed E-state index contributed by atoms with van der Waals surface area (Å²) in [6.45, 7) is 3.54. The maximum atomic E-state index is 11.8. The summed E-state index contributed by atoms with van der Waals surface area (Å²) in [6.07, 6.45) is 0.00975. The number of carbonyl (C=O) groups is 3. The highest BCUT2D eigenvalue weighted by Gasteiger charge is 2.23. The molecule has 0 saturated carbocycles. The minimum Gasteiger partial charge on any atom is -0.480 e. The number of carboxylic acids is 1. The lowest BCUT2D eigenvalue weighted by atomic mass is 10.0. The van der Waals surface area contributed by atoms with E-state index in [-0.39, 0.29) is 24.8 Å². The molecule has 0 bridgehead atoms. The number of hydrogen-bond donors (Lipinski definition) is 3. The molecular formula is C15H19ClN2O4. The Balaban J connectivity index is 2.40. The number of nitrogens with one attached hydrogen (secondary N) is 2. The second kappa shape index (κ2) is 8.38. The van der Waals surface area contributed by atoms with E-state index in [4.69, 9.17) is 16.7 Å². The van der Waals surface area contributed by atoms with Crippen LogP contribution in [0.25, 0.3) is 0 Å². The molecule has 1 atom stereocenters. The summed E-state index contributed by atoms with van der Waals surface area (Å²) in [5.74, 6) is -2.03. The van der Waals surface area contributed by atoms with Crippen molar-refractivity contribution in [2.45, 2.75) is 26.3 Å². The lowest BCUT2D eigenvalue weighted by molar-refractivity contribution is -0.143. The summed E-state index contributed by atoms with van der Waals surface area (Å²) in [5, 5.41) is 14.5. The van der Waals surface area contributed by atoms with Crippen LogP contribution >= 0.6 is 11.6 Å². The molecule has 0 radical (unpaired) electrons. The van der Waals surface area contributed by atoms with Gasteiger partial charge in [-0.1, -0.05) is 25.4 Å². The Morgan fingerprint density at radius 3 is 2.27 bits per heavy atom. The first kappa shape index (κ1) is 18.0. The van der Waals surface area contributed by atoms with Gasteiger partial charge in [0, 0.05) is 23.6 Å². The van der Waals surface area contributed by atoms with Crippen LogP contribution in [0, 0.1) is 5.92 Å². The Labute approximate surface area is 133 Å². The number of aliphatic carboxylic acids is 1. The topological polar surface area (TPSA) is 95.5 Å². The van der Waals surface area contributed by atoms with Gasteiger partial charge in [-0.2, -0.15) is 0 Å². The Hall–Kier alpha value is -2.08. The zero-order valence-corrected chi connectivity index (χ0v) is 13.2. The fourth-order valence-corrected chi connectivity index (χ4v) is 1.88. The van der Waals surface area contributed by atoms with Gasteiger partial charge in [0.15, 0.2) is 0 Å². The number of amides is 2. The first-order valence-electron chi connectivity index (χ1n) is 6.87. The van der Waals surface area contributed by atoms with Gasteiger partial charge in [-0.15, -0.1) is 0 Å². The molecule has 0 fully saturated rings. The van der Waals surface area contributed by atoms with Crippen molar-refractivity contribution in [1.29, 1.82) is 0 Å². The molecule has 6 nitrogen and oxygen atoms in total. The lowest BCUT2D eigenvalue weighted by Gasteiger charge is -2.17. The van der Waals surface area contributed by atoms with Crippen LogP contribution in [0.3, 0.4) is 0 Å². The summed E-state index contributed by atoms with van der Waals surface area (Å²) in [5.41, 5.74) is 0.440. The van der Waals surface area contributed by atoms with Gasteiger partial charge in [0.1, 0.15) is 6.04 Å². The van der Waals surface area contributed by atoms with E-state index in [0.29, 0.717) is 10.6 Å². The van der Waals surface area contributed by atoms with Gasteiger partial charge in [0.2, 0.25) is 5.91 Å². The Bertz CT molecular complexity index is 543. The van der Waals surface area contributed by atoms with Gasteiger partial charge in [0.05, 0.1) is 0 Å². The van der Waals surface area contributed by atoms with E-state index in [1.54, 1.807) is 38.1 Å². The summed E-state index contributed by atoms with van der Waals surface area (Å²) >= 11 is 5.73. The second-order valence-electron chi connectivity index (χ2n) is 5.14. The van der Waals surface area contributed by atoms with Gasteiger partial charge in [0.25, 0.3) is 5.91 Å². The standard InChI is InChI=1S/C15H19ClN2O4/c1-9(2)13(15(21)22)18-12(19)7-8-17-14(20)10-3-5-11(16)6-4-10/h3-6,9,13H,7-8H2,1-2H3,(H,17,20)(H,18,19)(H,21,22)/t13-/m0/s1. The molecule has 0 aliphatic heterocycles. The summed E-state index contributed by atoms with van der Waals surface area (Å²) in [6, 6.07) is 5.43. The highest BCUT2D eigenvalue weighted by atomic mass is 35.5. The van der Waals surface area contributed by atoms with Crippen molar-refractivity contribution >= 4 is 29.4 Å². The first-order chi connectivity index (χ1) is 10.3. The zero-order valence-electron chi connectivity index (χ0n) is 12.4. The normalized spacial score (nSPS) is 11.8. The predicted octanol–water partition coefficient (Wildman–Crippen LogP) is 1.69. The minimum absolute atomic E-state index is 0.00975. The maximum absolute atomic E-state index is 11.8. The molecule has 0 spiro atoms. The molecule has 0 heterocycles. The van der Waals surface area contributed by atoms with Crippen LogP contribution in [0.4, 0.5) is 0 Å². The molecule has 3 N–H and O–H groups in total. The molecule has 1 rings (SSSR count). The van der Waals surface area contributed by atoms with E-state index in [0.717, 1.165) is 0 Å². The number of benzene rings is 1. The molecule has 1 aromatic carbocycles. The van der Waals surface area contributed by atoms with E-state index < -0.39 is 17.9 Å². The molecule has 0 aliphatic rings. The van der Waals surface area contributed by atoms with Crippen molar-refractivity contribution in [3.05, 3.63) is 34.9 Å². The number of rotatable bonds is 7. The van der Waals surface area contributed by atoms with Crippen molar-refractivity contribution in [3.8, 4) is 0 Å². The van der Waals surface area contributed by atoms with Crippen molar-refractivity contribution in [2.75, 3.05) is 6.54 Å². The van der Waals surface area contributed by atoms with Gasteiger partial charge in [-0.05, 0) is 30.2 Å². The van der Waals surface area contributed by atoms with Gasteiger partial charge >= 0.3 is 5.97 Å². The Morgan fingerprint density at radius 2 is 1.77 bits per heavy atom. The molecule has 7 heteroatoms. The quantitative estimate of drug-likeness (QED) is 0.710. The third kappa shape index (κ3) is 5.73. The monoisotopic (exact) mass is 326 g/mol. The smallest absolute Gasteiger partial charge is 0.326 e. The lowest BCUT2D eigenvalue weighted by Crippen LogP contribution is -2.45. The summed E-state index contributed by atoms with van der Waals surface area (Å²) in [7, 11) is 0. The number of carbonyl (C=O) groups excluding carboxylic acids is 2. The fourth-order valence-electron chi connectivity index (χ4n) is 1.75. The molecule has 0 aliphatic carbocycles. The second-order valence-corrected chi connectivity index (χ2v) is 5.58. The van der Waals surface area contributed by atoms with E-state index in [9.17, 15) is 14.4 Å². The van der Waals surface area contributed by atoms with Crippen LogP contribution < -0.4 is 10.6 Å². The molecule has 22 heavy (non-hydrogen) atoms. The van der Waals surface area contributed by atoms with Crippen molar-refractivity contribution in [2.24, 2.45) is 5.92 Å². The molecule has 0 unspecified atom stereocenters. The largest absolute Gasteiger partial charge is 0.480 e. The molecule has 120 valence electrons. The predicted molar refractivity (Wildman–Crippen MR) is 82.8 cm³/mol. The number of carboxylic acid groups (broad SMARTS) is 1. The van der Waals surface area contributed by atoms with Crippen LogP contribution in [-0.4, -0.2) is 35.5 Å². The van der Waals surface area contributed by atoms with Crippen LogP contribution in [0.2, 0.25) is 5.02 Å². The highest BCUT2D eigenvalue weighted by molar-refractivity contribution is 6.30. The summed E-state index contributed by atoms with van der Waals surface area (Å²) in [4.78, 5) is 34.5. The van der Waals surface area contributed by atoms with Crippen LogP contribution in [0.5, 0.6) is 0 Å². The first-order valence-corrected chi connectivity index (χ1v) is 7.25. The molecule has 1 aromatic rings. The molecule has 0 saturated heterocycles. The Morgan fingerprint density at radius 1 is 1.18 bits per heavy atom. The summed E-state index contributed by atoms with van der Waals surface area (Å²) < 4.78 is 0. The third-order valence-corrected chi connectivity index (χ3v) is 3.25. The number of halogens is 1. The highest BCUT2D eigenvalue weighted by Crippen LogP contribution is 2.09. The van der Waals surface area contributed by atoms with E-state index in [1.165, 1.54) is 0 Å². The SMILES string of the molecule is CC(C)[C@H](NC(=O)CCNC(=O)c1ccc(Cl)cc1)C(=O)O. The van der Waals surface area contributed by atoms with Gasteiger partial charge < -0.3 is 15.7 Å². The van der Waals surface area contributed by atoms with Crippen molar-refractivity contribution in [1.82, 2.24) is 10.6 Å². The van der Waals surface area contributed by atoms with E-state index >= 15 is 0 Å². The maximum Gasteiger partial charge on any atom is 0.326 e. The number of hydrogen-bond acceptors (Lipinski definition) is 3. The minimum atomic E-state index is -1.08. The third-order valence-electron chi connectivity index (χ3n) is 2.99. The van der Waals surface area contributed by atoms with E-state index in [2.05, 4.69) is 10.6 Å². The van der Waals surface area contributed by atoms with Crippen molar-refractivity contribution in [3.63, 3.8) is 0 Å². The average molecular weight is 327 g/mol. The van der Waals surface area contributed by atoms with Gasteiger partial charge in [-0.3, -0.25) is 9.59 Å². The van der Waals surface area contributed by atoms with Crippen LogP contribution in [0.1, 0.15) is 30.6 Å². The van der Waals surface area contributed by atoms with E-state index in [1.807, 2.05) is 0 Å². The molecular weight excluding hydrogens is 308 g/mol. The van der Waals surface area contributed by atoms with Gasteiger partial charge in [-0.25, -0.2) is 4.79 Å². The molecule has 0 aromatic heterocycles. The average Bonchev–Trinajstić information content (AvgIpc) is 2.44. The van der Waals surface area contributed by atoms with Crippen LogP contribution in [0.15, 0.2) is 24.3 Å².